The molecule has 0 spiro atoms. The molecule has 0 unspecified atom stereocenters. The maximum Gasteiger partial charge on any atom is 0.142 e. The highest BCUT2D eigenvalue weighted by molar-refractivity contribution is 9.11. The van der Waals surface area contributed by atoms with E-state index in [-0.39, 0.29) is 6.04 Å². The van der Waals surface area contributed by atoms with Crippen LogP contribution >= 0.6 is 31.9 Å². The van der Waals surface area contributed by atoms with Gasteiger partial charge in [-0.25, -0.2) is 0 Å². The summed E-state index contributed by atoms with van der Waals surface area (Å²) in [6, 6.07) is 31.8. The summed E-state index contributed by atoms with van der Waals surface area (Å²) in [6.45, 7) is 0.491. The number of aliphatic imine (C=N–C) groups is 1. The average molecular weight is 614 g/mol. The van der Waals surface area contributed by atoms with Crippen LogP contribution in [0.15, 0.2) is 117 Å². The Morgan fingerprint density at radius 3 is 2.54 bits per heavy atom. The Hall–Kier alpha value is -3.15. The summed E-state index contributed by atoms with van der Waals surface area (Å²) in [4.78, 5) is 4.78. The Kier molecular flexibility index (Phi) is 6.99. The number of allylic oxidation sites excluding steroid dienone is 2. The van der Waals surface area contributed by atoms with Gasteiger partial charge in [0, 0.05) is 27.9 Å². The molecular weight excluding hydrogens is 588 g/mol. The van der Waals surface area contributed by atoms with Crippen LogP contribution in [-0.4, -0.2) is 6.21 Å². The zero-order valence-electron chi connectivity index (χ0n) is 20.1. The largest absolute Gasteiger partial charge is 0.487 e. The van der Waals surface area contributed by atoms with Crippen LogP contribution in [0.2, 0.25) is 0 Å². The van der Waals surface area contributed by atoms with Crippen LogP contribution in [0.4, 0.5) is 11.4 Å². The smallest absolute Gasteiger partial charge is 0.142 e. The third kappa shape index (κ3) is 5.16. The van der Waals surface area contributed by atoms with Crippen LogP contribution in [0.3, 0.4) is 0 Å². The monoisotopic (exact) mass is 612 g/mol. The van der Waals surface area contributed by atoms with E-state index < -0.39 is 0 Å². The number of ether oxygens (including phenoxy) is 1. The Morgan fingerprint density at radius 2 is 1.70 bits per heavy atom. The average Bonchev–Trinajstić information content (AvgIpc) is 3.42. The number of anilines is 1. The highest BCUT2D eigenvalue weighted by atomic mass is 79.9. The number of hydrogen-bond acceptors (Lipinski definition) is 3. The molecule has 6 rings (SSSR count). The molecule has 0 fully saturated rings. The molecule has 1 aliphatic heterocycles. The lowest BCUT2D eigenvalue weighted by Gasteiger charge is -2.37. The van der Waals surface area contributed by atoms with Gasteiger partial charge in [0.05, 0.1) is 16.2 Å². The van der Waals surface area contributed by atoms with Gasteiger partial charge in [0.1, 0.15) is 12.4 Å². The van der Waals surface area contributed by atoms with E-state index in [0.717, 1.165) is 37.9 Å². The van der Waals surface area contributed by atoms with E-state index in [2.05, 4.69) is 110 Å². The van der Waals surface area contributed by atoms with Gasteiger partial charge in [-0.05, 0) is 75.3 Å². The molecular formula is C32H26Br2N2O. The van der Waals surface area contributed by atoms with Crippen molar-refractivity contribution in [3.63, 3.8) is 0 Å². The van der Waals surface area contributed by atoms with Crippen molar-refractivity contribution in [2.75, 3.05) is 5.32 Å². The van der Waals surface area contributed by atoms with Crippen molar-refractivity contribution < 1.29 is 4.74 Å². The van der Waals surface area contributed by atoms with Crippen molar-refractivity contribution in [3.05, 3.63) is 134 Å². The Bertz CT molecular complexity index is 1460. The van der Waals surface area contributed by atoms with Crippen molar-refractivity contribution in [1.82, 2.24) is 0 Å². The van der Waals surface area contributed by atoms with E-state index >= 15 is 0 Å². The number of hydrogen-bond donors (Lipinski definition) is 1. The molecule has 0 aromatic heterocycles. The molecule has 4 aromatic rings. The first-order chi connectivity index (χ1) is 18.2. The molecule has 0 saturated heterocycles. The molecule has 1 heterocycles. The zero-order valence-corrected chi connectivity index (χ0v) is 23.3. The van der Waals surface area contributed by atoms with Crippen LogP contribution in [0, 0.1) is 5.92 Å². The maximum atomic E-state index is 6.19. The van der Waals surface area contributed by atoms with Crippen molar-refractivity contribution in [2.45, 2.75) is 25.0 Å². The first-order valence-corrected chi connectivity index (χ1v) is 14.1. The normalized spacial score (nSPS) is 19.9. The highest BCUT2D eigenvalue weighted by Crippen LogP contribution is 2.49. The van der Waals surface area contributed by atoms with Crippen LogP contribution < -0.4 is 10.1 Å². The molecule has 0 radical (unpaired) electrons. The first kappa shape index (κ1) is 24.2. The molecule has 0 saturated carbocycles. The Balaban J connectivity index is 1.22. The quantitative estimate of drug-likeness (QED) is 0.174. The van der Waals surface area contributed by atoms with Gasteiger partial charge in [-0.15, -0.1) is 0 Å². The van der Waals surface area contributed by atoms with E-state index in [1.807, 2.05) is 36.5 Å². The lowest BCUT2D eigenvalue weighted by Crippen LogP contribution is -2.28. The van der Waals surface area contributed by atoms with Gasteiger partial charge < -0.3 is 10.1 Å². The summed E-state index contributed by atoms with van der Waals surface area (Å²) in [6.07, 6.45) is 7.68. The molecule has 184 valence electrons. The van der Waals surface area contributed by atoms with E-state index in [1.165, 1.54) is 16.8 Å². The minimum Gasteiger partial charge on any atom is -0.487 e. The predicted octanol–water partition coefficient (Wildman–Crippen LogP) is 9.37. The van der Waals surface area contributed by atoms with Crippen LogP contribution in [0.25, 0.3) is 0 Å². The van der Waals surface area contributed by atoms with Gasteiger partial charge >= 0.3 is 0 Å². The lowest BCUT2D eigenvalue weighted by atomic mass is 9.77. The number of fused-ring (bicyclic) bond motifs is 3. The second kappa shape index (κ2) is 10.7. The Morgan fingerprint density at radius 1 is 0.919 bits per heavy atom. The Labute approximate surface area is 234 Å². The van der Waals surface area contributed by atoms with Gasteiger partial charge in [-0.3, -0.25) is 4.99 Å². The molecule has 0 amide bonds. The molecule has 37 heavy (non-hydrogen) atoms. The lowest BCUT2D eigenvalue weighted by molar-refractivity contribution is 0.304. The summed E-state index contributed by atoms with van der Waals surface area (Å²) in [5.74, 6) is 1.79. The number of rotatable bonds is 6. The summed E-state index contributed by atoms with van der Waals surface area (Å²) >= 11 is 7.25. The van der Waals surface area contributed by atoms with Crippen molar-refractivity contribution in [2.24, 2.45) is 10.9 Å². The van der Waals surface area contributed by atoms with Crippen LogP contribution in [0.5, 0.6) is 5.75 Å². The van der Waals surface area contributed by atoms with Crippen LogP contribution in [-0.2, 0) is 6.61 Å². The van der Waals surface area contributed by atoms with Gasteiger partial charge in [-0.1, -0.05) is 88.7 Å². The second-order valence-electron chi connectivity index (χ2n) is 9.49. The van der Waals surface area contributed by atoms with E-state index in [1.54, 1.807) is 0 Å². The molecule has 3 atom stereocenters. The van der Waals surface area contributed by atoms with Crippen molar-refractivity contribution >= 4 is 49.4 Å². The standard InChI is InChI=1S/C32H26Br2N2O/c33-24-17-23(32(29(34)18-24)37-20-21-7-2-1-3-8-21)19-35-25-15-13-22(14-16-25)31-28-11-6-10-26(28)27-9-4-5-12-30(27)36-31/h1-10,12-19,26,28,31,36H,11,20H2/t26-,28+,31-/m0/s1. The van der Waals surface area contributed by atoms with E-state index in [4.69, 9.17) is 9.73 Å². The fraction of sp³-hybridized carbons (Fsp3) is 0.156. The van der Waals surface area contributed by atoms with E-state index in [9.17, 15) is 0 Å². The molecule has 5 heteroatoms. The van der Waals surface area contributed by atoms with Crippen molar-refractivity contribution in [3.8, 4) is 5.75 Å². The van der Waals surface area contributed by atoms with Gasteiger partial charge in [0.2, 0.25) is 0 Å². The molecule has 3 nitrogen and oxygen atoms in total. The number of halogens is 2. The molecule has 1 aliphatic carbocycles. The fourth-order valence-corrected chi connectivity index (χ4v) is 6.72. The highest BCUT2D eigenvalue weighted by Gasteiger charge is 2.37. The fourth-order valence-electron chi connectivity index (χ4n) is 5.34. The molecule has 0 bridgehead atoms. The third-order valence-electron chi connectivity index (χ3n) is 7.14. The second-order valence-corrected chi connectivity index (χ2v) is 11.3. The summed E-state index contributed by atoms with van der Waals surface area (Å²) in [7, 11) is 0. The topological polar surface area (TPSA) is 33.6 Å². The maximum absolute atomic E-state index is 6.19. The van der Waals surface area contributed by atoms with Gasteiger partial charge in [0.15, 0.2) is 0 Å². The summed E-state index contributed by atoms with van der Waals surface area (Å²) < 4.78 is 8.04. The molecule has 2 aliphatic rings. The van der Waals surface area contributed by atoms with Crippen molar-refractivity contribution in [1.29, 1.82) is 0 Å². The first-order valence-electron chi connectivity index (χ1n) is 12.5. The van der Waals surface area contributed by atoms with E-state index in [0.29, 0.717) is 18.4 Å². The zero-order chi connectivity index (χ0) is 25.2. The molecule has 1 N–H and O–H groups in total. The minimum absolute atomic E-state index is 0.284. The summed E-state index contributed by atoms with van der Waals surface area (Å²) in [5, 5.41) is 3.80. The SMILES string of the molecule is Brc1cc(Br)c(OCc2ccccc2)c(C=Nc2ccc([C@@H]3Nc4ccccc4[C@@H]4C=CC[C@H]43)cc2)c1. The third-order valence-corrected chi connectivity index (χ3v) is 8.19. The number of para-hydroxylation sites is 1. The minimum atomic E-state index is 0.284. The number of nitrogens with zero attached hydrogens (tertiary/aromatic N) is 1. The number of benzene rings is 4. The van der Waals surface area contributed by atoms with Gasteiger partial charge in [0.25, 0.3) is 0 Å². The molecule has 4 aromatic carbocycles. The number of nitrogens with one attached hydrogen (secondary N) is 1. The summed E-state index contributed by atoms with van der Waals surface area (Å²) in [5.41, 5.74) is 6.88. The predicted molar refractivity (Wildman–Crippen MR) is 159 cm³/mol. The van der Waals surface area contributed by atoms with Crippen LogP contribution in [0.1, 0.15) is 40.6 Å². The van der Waals surface area contributed by atoms with Gasteiger partial charge in [-0.2, -0.15) is 0 Å².